The largest absolute Gasteiger partial charge is 0.442 e. The topological polar surface area (TPSA) is 55.6 Å². The third kappa shape index (κ3) is 2.34. The summed E-state index contributed by atoms with van der Waals surface area (Å²) in [7, 11) is 0. The van der Waals surface area contributed by atoms with E-state index in [0.29, 0.717) is 0 Å². The lowest BCUT2D eigenvalue weighted by Gasteiger charge is -2.29. The first-order chi connectivity index (χ1) is 5.20. The van der Waals surface area contributed by atoms with Gasteiger partial charge in [0.2, 0.25) is 0 Å². The first-order valence-corrected chi connectivity index (χ1v) is 3.81. The van der Waals surface area contributed by atoms with Gasteiger partial charge in [0.25, 0.3) is 0 Å². The zero-order chi connectivity index (χ0) is 8.27. The van der Waals surface area contributed by atoms with Crippen LogP contribution in [0.1, 0.15) is 6.42 Å². The quantitative estimate of drug-likeness (QED) is 0.604. The van der Waals surface area contributed by atoms with E-state index in [0.717, 1.165) is 19.5 Å². The number of nitrogens with zero attached hydrogens (tertiary/aromatic N) is 1. The Balaban J connectivity index is 2.15. The zero-order valence-corrected chi connectivity index (χ0v) is 6.89. The molecule has 5 heteroatoms. The smallest absolute Gasteiger partial charge is 0.410 e. The number of ether oxygens (including phenoxy) is 1. The summed E-state index contributed by atoms with van der Waals surface area (Å²) in [6.07, 6.45) is 0.742. The van der Waals surface area contributed by atoms with Gasteiger partial charge in [-0.1, -0.05) is 12.2 Å². The average molecular weight is 174 g/mol. The minimum absolute atomic E-state index is 0.0463. The van der Waals surface area contributed by atoms with Gasteiger partial charge in [0, 0.05) is 13.1 Å². The molecule has 1 rings (SSSR count). The summed E-state index contributed by atoms with van der Waals surface area (Å²) >= 11 is 4.54. The van der Waals surface area contributed by atoms with Crippen molar-refractivity contribution in [3.05, 3.63) is 0 Å². The summed E-state index contributed by atoms with van der Waals surface area (Å²) in [5.74, 6) is 0. The molecule has 0 bridgehead atoms. The van der Waals surface area contributed by atoms with E-state index in [1.54, 1.807) is 4.90 Å². The van der Waals surface area contributed by atoms with Crippen molar-refractivity contribution in [1.82, 2.24) is 4.90 Å². The van der Waals surface area contributed by atoms with Gasteiger partial charge in [-0.25, -0.2) is 4.79 Å². The molecule has 1 fully saturated rings. The Hall–Kier alpha value is -0.840. The Morgan fingerprint density at radius 1 is 1.64 bits per heavy atom. The molecule has 1 amide bonds. The molecule has 1 heterocycles. The van der Waals surface area contributed by atoms with Crippen molar-refractivity contribution in [2.45, 2.75) is 6.42 Å². The van der Waals surface area contributed by atoms with Crippen molar-refractivity contribution in [2.75, 3.05) is 19.7 Å². The first kappa shape index (κ1) is 8.26. The number of hydrogen-bond acceptors (Lipinski definition) is 3. The first-order valence-electron chi connectivity index (χ1n) is 3.40. The molecule has 0 aromatic heterocycles. The van der Waals surface area contributed by atoms with Crippen molar-refractivity contribution in [3.63, 3.8) is 0 Å². The van der Waals surface area contributed by atoms with Crippen LogP contribution in [0.5, 0.6) is 0 Å². The summed E-state index contributed by atoms with van der Waals surface area (Å²) in [6.45, 7) is 1.62. The maximum absolute atomic E-state index is 10.9. The average Bonchev–Trinajstić information content (AvgIpc) is 1.79. The number of thiocarbonyl (C=S) groups is 1. The number of hydrogen-bond donors (Lipinski definition) is 1. The molecule has 2 N–H and O–H groups in total. The van der Waals surface area contributed by atoms with E-state index in [1.165, 1.54) is 0 Å². The monoisotopic (exact) mass is 174 g/mol. The Morgan fingerprint density at radius 3 is 2.64 bits per heavy atom. The summed E-state index contributed by atoms with van der Waals surface area (Å²) in [5.41, 5.74) is 5.14. The maximum atomic E-state index is 10.9. The predicted molar refractivity (Wildman–Crippen MR) is 44.3 cm³/mol. The molecule has 1 saturated heterocycles. The number of nitrogens with two attached hydrogens (primary N) is 1. The second-order valence-electron chi connectivity index (χ2n) is 2.36. The fraction of sp³-hybridized carbons (Fsp3) is 0.667. The van der Waals surface area contributed by atoms with E-state index >= 15 is 0 Å². The van der Waals surface area contributed by atoms with E-state index < -0.39 is 0 Å². The third-order valence-electron chi connectivity index (χ3n) is 1.45. The number of carbonyl (C=O) groups excluding carboxylic acids is 1. The van der Waals surface area contributed by atoms with Gasteiger partial charge in [0.15, 0.2) is 0 Å². The number of carbonyl (C=O) groups is 1. The van der Waals surface area contributed by atoms with E-state index in [-0.39, 0.29) is 17.7 Å². The van der Waals surface area contributed by atoms with Gasteiger partial charge >= 0.3 is 6.09 Å². The van der Waals surface area contributed by atoms with Gasteiger partial charge in [-0.15, -0.1) is 0 Å². The fourth-order valence-corrected chi connectivity index (χ4v) is 0.782. The summed E-state index contributed by atoms with van der Waals surface area (Å²) in [4.78, 5) is 12.7. The van der Waals surface area contributed by atoms with Crippen LogP contribution in [0.2, 0.25) is 0 Å². The SMILES string of the molecule is NC(=S)COC(=O)N1CCC1. The Morgan fingerprint density at radius 2 is 2.27 bits per heavy atom. The number of rotatable bonds is 2. The Bertz CT molecular complexity index is 179. The molecule has 0 atom stereocenters. The lowest BCUT2D eigenvalue weighted by molar-refractivity contribution is 0.0922. The van der Waals surface area contributed by atoms with Crippen LogP contribution in [-0.4, -0.2) is 35.7 Å². The molecular weight excluding hydrogens is 164 g/mol. The Labute approximate surface area is 70.3 Å². The lowest BCUT2D eigenvalue weighted by Crippen LogP contribution is -2.43. The highest BCUT2D eigenvalue weighted by atomic mass is 32.1. The number of likely N-dealkylation sites (tertiary alicyclic amines) is 1. The molecule has 4 nitrogen and oxygen atoms in total. The van der Waals surface area contributed by atoms with Gasteiger partial charge in [0.1, 0.15) is 11.6 Å². The van der Waals surface area contributed by atoms with Crippen LogP contribution in [0, 0.1) is 0 Å². The van der Waals surface area contributed by atoms with Crippen molar-refractivity contribution in [2.24, 2.45) is 5.73 Å². The van der Waals surface area contributed by atoms with E-state index in [9.17, 15) is 4.79 Å². The maximum Gasteiger partial charge on any atom is 0.410 e. The van der Waals surface area contributed by atoms with Crippen LogP contribution in [0.4, 0.5) is 4.79 Å². The second-order valence-corrected chi connectivity index (χ2v) is 2.89. The molecule has 1 aliphatic heterocycles. The van der Waals surface area contributed by atoms with E-state index in [2.05, 4.69) is 12.2 Å². The third-order valence-corrected chi connectivity index (χ3v) is 1.57. The van der Waals surface area contributed by atoms with Gasteiger partial charge < -0.3 is 15.4 Å². The second kappa shape index (κ2) is 3.52. The van der Waals surface area contributed by atoms with Crippen LogP contribution in [-0.2, 0) is 4.74 Å². The highest BCUT2D eigenvalue weighted by Gasteiger charge is 2.21. The van der Waals surface area contributed by atoms with Crippen LogP contribution in [0.25, 0.3) is 0 Å². The van der Waals surface area contributed by atoms with Crippen LogP contribution < -0.4 is 5.73 Å². The standard InChI is InChI=1S/C6H10N2O2S/c7-5(11)4-10-6(9)8-2-1-3-8/h1-4H2,(H2,7,11). The van der Waals surface area contributed by atoms with Crippen molar-refractivity contribution >= 4 is 23.3 Å². The predicted octanol–water partition coefficient (Wildman–Crippen LogP) is 0.115. The van der Waals surface area contributed by atoms with Gasteiger partial charge in [-0.05, 0) is 6.42 Å². The lowest BCUT2D eigenvalue weighted by atomic mass is 10.2. The summed E-state index contributed by atoms with van der Waals surface area (Å²) in [6, 6.07) is 0. The molecule has 0 saturated carbocycles. The highest BCUT2D eigenvalue weighted by Crippen LogP contribution is 2.06. The van der Waals surface area contributed by atoms with E-state index in [1.807, 2.05) is 0 Å². The van der Waals surface area contributed by atoms with Crippen molar-refractivity contribution in [3.8, 4) is 0 Å². The van der Waals surface area contributed by atoms with Gasteiger partial charge in [0.05, 0.1) is 0 Å². The zero-order valence-electron chi connectivity index (χ0n) is 6.08. The summed E-state index contributed by atoms with van der Waals surface area (Å²) in [5, 5.41) is 0. The molecule has 1 aliphatic rings. The summed E-state index contributed by atoms with van der Waals surface area (Å²) < 4.78 is 4.73. The van der Waals surface area contributed by atoms with Crippen molar-refractivity contribution < 1.29 is 9.53 Å². The molecule has 11 heavy (non-hydrogen) atoms. The molecule has 0 spiro atoms. The normalized spacial score (nSPS) is 15.5. The molecule has 0 aliphatic carbocycles. The molecular formula is C6H10N2O2S. The van der Waals surface area contributed by atoms with E-state index in [4.69, 9.17) is 10.5 Å². The minimum Gasteiger partial charge on any atom is -0.442 e. The minimum atomic E-state index is -0.316. The number of amides is 1. The van der Waals surface area contributed by atoms with Gasteiger partial charge in [-0.2, -0.15) is 0 Å². The van der Waals surface area contributed by atoms with Crippen LogP contribution in [0.3, 0.4) is 0 Å². The molecule has 62 valence electrons. The van der Waals surface area contributed by atoms with Crippen LogP contribution >= 0.6 is 12.2 Å². The fourth-order valence-electron chi connectivity index (χ4n) is 0.723. The molecule has 0 radical (unpaired) electrons. The molecule has 0 aromatic rings. The molecule has 0 unspecified atom stereocenters. The van der Waals surface area contributed by atoms with Crippen molar-refractivity contribution in [1.29, 1.82) is 0 Å². The Kier molecular flexibility index (Phi) is 2.64. The highest BCUT2D eigenvalue weighted by molar-refractivity contribution is 7.80. The van der Waals surface area contributed by atoms with Gasteiger partial charge in [-0.3, -0.25) is 0 Å². The van der Waals surface area contributed by atoms with Crippen LogP contribution in [0.15, 0.2) is 0 Å². The molecule has 0 aromatic carbocycles.